The smallest absolute Gasteiger partial charge is 0.273 e. The Morgan fingerprint density at radius 2 is 1.73 bits per heavy atom. The highest BCUT2D eigenvalue weighted by Gasteiger charge is 2.41. The number of aliphatic hydroxyl groups is 1. The van der Waals surface area contributed by atoms with E-state index < -0.39 is 27.6 Å². The van der Waals surface area contributed by atoms with Crippen molar-refractivity contribution in [2.24, 2.45) is 0 Å². The molecule has 33 heavy (non-hydrogen) atoms. The summed E-state index contributed by atoms with van der Waals surface area (Å²) < 4.78 is 56.6. The SMILES string of the molecule is CCCC(F)(F)c1ccc(C(CC)(C(O)CC)n2ncc3c(NS(C)(=O)=O)cccc32)cc1. The number of sulfonamides is 1. The zero-order valence-corrected chi connectivity index (χ0v) is 20.2. The van der Waals surface area contributed by atoms with Gasteiger partial charge in [-0.05, 0) is 30.5 Å². The second kappa shape index (κ2) is 9.38. The summed E-state index contributed by atoms with van der Waals surface area (Å²) in [6.45, 7) is 5.48. The van der Waals surface area contributed by atoms with Crippen LogP contribution in [-0.4, -0.2) is 35.7 Å². The lowest BCUT2D eigenvalue weighted by molar-refractivity contribution is -0.0141. The van der Waals surface area contributed by atoms with Crippen LogP contribution in [0.15, 0.2) is 48.7 Å². The molecule has 2 unspecified atom stereocenters. The second-order valence-corrected chi connectivity index (χ2v) is 10.2. The van der Waals surface area contributed by atoms with Gasteiger partial charge in [-0.2, -0.15) is 5.10 Å². The average Bonchev–Trinajstić information content (AvgIpc) is 3.19. The molecule has 1 heterocycles. The summed E-state index contributed by atoms with van der Waals surface area (Å²) in [6.07, 6.45) is 2.74. The van der Waals surface area contributed by atoms with Crippen molar-refractivity contribution in [2.45, 2.75) is 64.0 Å². The Morgan fingerprint density at radius 3 is 2.27 bits per heavy atom. The van der Waals surface area contributed by atoms with Crippen LogP contribution in [0.2, 0.25) is 0 Å². The molecule has 0 aliphatic carbocycles. The Kier molecular flexibility index (Phi) is 7.14. The van der Waals surface area contributed by atoms with Crippen LogP contribution in [-0.2, 0) is 21.5 Å². The molecule has 180 valence electrons. The summed E-state index contributed by atoms with van der Waals surface area (Å²) in [5.41, 5.74) is 0.569. The molecule has 9 heteroatoms. The third-order valence-electron chi connectivity index (χ3n) is 6.13. The number of alkyl halides is 2. The molecule has 3 aromatic rings. The number of benzene rings is 2. The van der Waals surface area contributed by atoms with E-state index in [4.69, 9.17) is 0 Å². The van der Waals surface area contributed by atoms with E-state index in [9.17, 15) is 22.3 Å². The van der Waals surface area contributed by atoms with Crippen LogP contribution in [0.3, 0.4) is 0 Å². The number of anilines is 1. The number of nitrogens with one attached hydrogen (secondary N) is 1. The first-order chi connectivity index (χ1) is 15.5. The van der Waals surface area contributed by atoms with Gasteiger partial charge in [-0.1, -0.05) is 57.5 Å². The molecule has 0 amide bonds. The molecule has 0 spiro atoms. The van der Waals surface area contributed by atoms with Crippen LogP contribution in [0.25, 0.3) is 10.9 Å². The predicted molar refractivity (Wildman–Crippen MR) is 127 cm³/mol. The maximum atomic E-state index is 14.4. The molecule has 1 aromatic heterocycles. The molecule has 6 nitrogen and oxygen atoms in total. The van der Waals surface area contributed by atoms with Gasteiger partial charge in [0.2, 0.25) is 10.0 Å². The van der Waals surface area contributed by atoms with Crippen LogP contribution < -0.4 is 4.72 Å². The van der Waals surface area contributed by atoms with Crippen molar-refractivity contribution in [3.8, 4) is 0 Å². The van der Waals surface area contributed by atoms with Crippen molar-refractivity contribution < 1.29 is 22.3 Å². The number of nitrogens with zero attached hydrogens (tertiary/aromatic N) is 2. The van der Waals surface area contributed by atoms with Crippen LogP contribution in [0, 0.1) is 0 Å². The number of fused-ring (bicyclic) bond motifs is 1. The van der Waals surface area contributed by atoms with Gasteiger partial charge in [-0.3, -0.25) is 9.40 Å². The molecule has 3 rings (SSSR count). The average molecular weight is 480 g/mol. The molecular weight excluding hydrogens is 448 g/mol. The van der Waals surface area contributed by atoms with Crippen molar-refractivity contribution >= 4 is 26.6 Å². The minimum atomic E-state index is -3.50. The van der Waals surface area contributed by atoms with Crippen LogP contribution >= 0.6 is 0 Å². The molecule has 0 fully saturated rings. The fourth-order valence-electron chi connectivity index (χ4n) is 4.50. The highest BCUT2D eigenvalue weighted by molar-refractivity contribution is 7.92. The summed E-state index contributed by atoms with van der Waals surface area (Å²) in [4.78, 5) is 0. The molecule has 0 saturated heterocycles. The first-order valence-corrected chi connectivity index (χ1v) is 13.0. The molecular formula is C24H31F2N3O3S. The molecule has 2 N–H and O–H groups in total. The fourth-order valence-corrected chi connectivity index (χ4v) is 5.08. The normalized spacial score (nSPS) is 15.4. The van der Waals surface area contributed by atoms with E-state index in [2.05, 4.69) is 9.82 Å². The van der Waals surface area contributed by atoms with Gasteiger partial charge in [-0.25, -0.2) is 17.2 Å². The Hall–Kier alpha value is -2.52. The number of hydrogen-bond acceptors (Lipinski definition) is 4. The minimum Gasteiger partial charge on any atom is -0.390 e. The lowest BCUT2D eigenvalue weighted by atomic mass is 9.80. The summed E-state index contributed by atoms with van der Waals surface area (Å²) in [5, 5.41) is 16.3. The molecule has 0 aliphatic rings. The van der Waals surface area contributed by atoms with Crippen LogP contribution in [0.1, 0.15) is 57.6 Å². The van der Waals surface area contributed by atoms with Gasteiger partial charge in [0.05, 0.1) is 29.8 Å². The predicted octanol–water partition coefficient (Wildman–Crippen LogP) is 5.22. The highest BCUT2D eigenvalue weighted by Crippen LogP contribution is 2.40. The highest BCUT2D eigenvalue weighted by atomic mass is 32.2. The monoisotopic (exact) mass is 479 g/mol. The van der Waals surface area contributed by atoms with E-state index in [1.165, 1.54) is 12.1 Å². The summed E-state index contributed by atoms with van der Waals surface area (Å²) in [6, 6.07) is 11.2. The zero-order chi connectivity index (χ0) is 24.4. The minimum absolute atomic E-state index is 0.0611. The first-order valence-electron chi connectivity index (χ1n) is 11.1. The molecule has 0 saturated carbocycles. The van der Waals surface area contributed by atoms with Gasteiger partial charge >= 0.3 is 0 Å². The Bertz CT molecular complexity index is 1210. The van der Waals surface area contributed by atoms with Crippen molar-refractivity contribution in [1.82, 2.24) is 9.78 Å². The fraction of sp³-hybridized carbons (Fsp3) is 0.458. The van der Waals surface area contributed by atoms with Gasteiger partial charge in [0, 0.05) is 17.4 Å². The van der Waals surface area contributed by atoms with Gasteiger partial charge in [0.25, 0.3) is 5.92 Å². The van der Waals surface area contributed by atoms with E-state index in [1.807, 2.05) is 13.8 Å². The van der Waals surface area contributed by atoms with Crippen molar-refractivity contribution in [3.05, 3.63) is 59.8 Å². The van der Waals surface area contributed by atoms with E-state index >= 15 is 0 Å². The lowest BCUT2D eigenvalue weighted by Crippen LogP contribution is -2.46. The third-order valence-corrected chi connectivity index (χ3v) is 6.73. The molecule has 0 bridgehead atoms. The summed E-state index contributed by atoms with van der Waals surface area (Å²) in [5.74, 6) is -2.92. The number of hydrogen-bond donors (Lipinski definition) is 2. The lowest BCUT2D eigenvalue weighted by Gasteiger charge is -2.39. The van der Waals surface area contributed by atoms with E-state index in [1.54, 1.807) is 48.1 Å². The standard InChI is InChI=1S/C24H31F2N3O3S/c1-5-15-24(25,26)18-13-11-17(12-14-18)23(7-3,22(30)6-2)29-21-10-8-9-20(19(21)16-27-29)28-33(4,31)32/h8-14,16,22,28,30H,5-7,15H2,1-4H3. The van der Waals surface area contributed by atoms with Gasteiger partial charge in [-0.15, -0.1) is 0 Å². The summed E-state index contributed by atoms with van der Waals surface area (Å²) >= 11 is 0. The Labute approximate surface area is 193 Å². The van der Waals surface area contributed by atoms with E-state index in [0.29, 0.717) is 41.4 Å². The number of aromatic nitrogens is 2. The quantitative estimate of drug-likeness (QED) is 0.417. The molecule has 0 radical (unpaired) electrons. The summed E-state index contributed by atoms with van der Waals surface area (Å²) in [7, 11) is -3.50. The maximum Gasteiger partial charge on any atom is 0.273 e. The van der Waals surface area contributed by atoms with Crippen molar-refractivity contribution in [1.29, 1.82) is 0 Å². The molecule has 0 aliphatic heterocycles. The largest absolute Gasteiger partial charge is 0.390 e. The van der Waals surface area contributed by atoms with Gasteiger partial charge in [0.15, 0.2) is 0 Å². The first kappa shape index (κ1) is 25.1. The number of aliphatic hydroxyl groups excluding tert-OH is 1. The third kappa shape index (κ3) is 4.75. The van der Waals surface area contributed by atoms with Crippen molar-refractivity contribution in [3.63, 3.8) is 0 Å². The zero-order valence-electron chi connectivity index (χ0n) is 19.3. The second-order valence-electron chi connectivity index (χ2n) is 8.40. The molecule has 2 atom stereocenters. The maximum absolute atomic E-state index is 14.4. The Balaban J connectivity index is 2.20. The number of halogens is 2. The van der Waals surface area contributed by atoms with Crippen LogP contribution in [0.4, 0.5) is 14.5 Å². The van der Waals surface area contributed by atoms with Crippen molar-refractivity contribution in [2.75, 3.05) is 11.0 Å². The van der Waals surface area contributed by atoms with Crippen LogP contribution in [0.5, 0.6) is 0 Å². The van der Waals surface area contributed by atoms with Gasteiger partial charge in [0.1, 0.15) is 5.54 Å². The molecule has 2 aromatic carbocycles. The topological polar surface area (TPSA) is 84.2 Å². The van der Waals surface area contributed by atoms with E-state index in [-0.39, 0.29) is 12.0 Å². The Morgan fingerprint density at radius 1 is 1.09 bits per heavy atom. The van der Waals surface area contributed by atoms with Gasteiger partial charge < -0.3 is 5.11 Å². The van der Waals surface area contributed by atoms with E-state index in [0.717, 1.165) is 6.26 Å². The number of rotatable bonds is 10.